The van der Waals surface area contributed by atoms with E-state index in [9.17, 15) is 13.6 Å². The van der Waals surface area contributed by atoms with Crippen molar-refractivity contribution in [2.75, 3.05) is 17.7 Å². The van der Waals surface area contributed by atoms with Crippen LogP contribution in [-0.2, 0) is 4.79 Å². The predicted molar refractivity (Wildman–Crippen MR) is 147 cm³/mol. The van der Waals surface area contributed by atoms with Crippen LogP contribution < -0.4 is 10.6 Å². The molecule has 0 aliphatic carbocycles. The van der Waals surface area contributed by atoms with Crippen molar-refractivity contribution in [3.63, 3.8) is 0 Å². The molecule has 8 heteroatoms. The minimum atomic E-state index is -0.809. The first-order chi connectivity index (χ1) is 17.8. The van der Waals surface area contributed by atoms with E-state index in [1.807, 2.05) is 45.2 Å². The number of aromatic nitrogens is 1. The number of nitrogens with one attached hydrogen (secondary N) is 2. The Kier molecular flexibility index (Phi) is 8.34. The fraction of sp³-hybridized carbons (Fsp3) is 0.276. The number of anilines is 2. The van der Waals surface area contributed by atoms with Gasteiger partial charge in [-0.2, -0.15) is 0 Å². The number of benzene rings is 2. The van der Waals surface area contributed by atoms with Crippen LogP contribution in [0.15, 0.2) is 59.7 Å². The van der Waals surface area contributed by atoms with Gasteiger partial charge < -0.3 is 10.6 Å². The van der Waals surface area contributed by atoms with Crippen molar-refractivity contribution in [1.29, 1.82) is 0 Å². The molecule has 2 N–H and O–H groups in total. The maximum Gasteiger partial charge on any atom is 0.224 e. The topological polar surface area (TPSA) is 66.4 Å². The number of hydrogen-bond donors (Lipinski definition) is 2. The monoisotopic (exact) mass is 522 g/mol. The smallest absolute Gasteiger partial charge is 0.224 e. The number of carbonyl (C=O) groups excluding carboxylic acids is 1. The summed E-state index contributed by atoms with van der Waals surface area (Å²) >= 11 is 5.87. The molecule has 1 aliphatic heterocycles. The van der Waals surface area contributed by atoms with Gasteiger partial charge in [-0.25, -0.2) is 8.78 Å². The van der Waals surface area contributed by atoms with Gasteiger partial charge in [-0.1, -0.05) is 30.2 Å². The third kappa shape index (κ3) is 5.88. The van der Waals surface area contributed by atoms with E-state index in [1.54, 1.807) is 12.1 Å². The highest BCUT2D eigenvalue weighted by atomic mass is 35.5. The molecule has 4 rings (SSSR count). The molecule has 0 spiro atoms. The number of amides is 1. The van der Waals surface area contributed by atoms with Gasteiger partial charge in [0, 0.05) is 53.8 Å². The summed E-state index contributed by atoms with van der Waals surface area (Å²) in [7, 11) is 1.83. The SMILES string of the molecule is C/C=C1\N=C(/C)C(c2ccc(-c3c(F)ccc(Cl)c3F)cn2)CCCCC(=O)Nc2cc(NC)ccc21. The number of nitrogens with zero attached hydrogens (tertiary/aromatic N) is 2. The standard InChI is InChI=1S/C29H29ClF2N4O/c1-4-24-21-11-10-19(33-3)15-26(21)36-27(37)8-6-5-7-20(17(2)35-24)25-14-9-18(16-34-25)28-23(31)13-12-22(30)29(28)32/h4,9-16,20,33H,5-8H2,1-3H3,(H,36,37)/b24-4-,35-17+. The van der Waals surface area contributed by atoms with Gasteiger partial charge in [-0.15, -0.1) is 0 Å². The number of aliphatic imine (C=N–C) groups is 1. The van der Waals surface area contributed by atoms with E-state index in [0.29, 0.717) is 24.1 Å². The van der Waals surface area contributed by atoms with Gasteiger partial charge in [0.1, 0.15) is 5.82 Å². The Labute approximate surface area is 220 Å². The highest BCUT2D eigenvalue weighted by Crippen LogP contribution is 2.34. The van der Waals surface area contributed by atoms with Crippen molar-refractivity contribution in [2.45, 2.75) is 45.4 Å². The van der Waals surface area contributed by atoms with Crippen LogP contribution in [0, 0.1) is 11.6 Å². The van der Waals surface area contributed by atoms with Crippen molar-refractivity contribution in [3.05, 3.63) is 82.7 Å². The predicted octanol–water partition coefficient (Wildman–Crippen LogP) is 7.84. The lowest BCUT2D eigenvalue weighted by Gasteiger charge is -2.20. The molecule has 2 aromatic carbocycles. The van der Waals surface area contributed by atoms with Gasteiger partial charge in [0.2, 0.25) is 5.91 Å². The highest BCUT2D eigenvalue weighted by Gasteiger charge is 2.21. The van der Waals surface area contributed by atoms with E-state index < -0.39 is 11.6 Å². The zero-order valence-electron chi connectivity index (χ0n) is 21.0. The molecule has 3 aromatic rings. The third-order valence-electron chi connectivity index (χ3n) is 6.56. The Hall–Kier alpha value is -3.58. The number of fused-ring (bicyclic) bond motifs is 1. The van der Waals surface area contributed by atoms with Gasteiger partial charge in [0.05, 0.1) is 22.0 Å². The molecule has 0 radical (unpaired) electrons. The van der Waals surface area contributed by atoms with Crippen LogP contribution in [0.2, 0.25) is 5.02 Å². The molecule has 192 valence electrons. The summed E-state index contributed by atoms with van der Waals surface area (Å²) in [6.45, 7) is 3.87. The number of pyridine rings is 1. The molecular weight excluding hydrogens is 494 g/mol. The van der Waals surface area contributed by atoms with E-state index in [4.69, 9.17) is 16.6 Å². The van der Waals surface area contributed by atoms with Gasteiger partial charge in [-0.05, 0) is 63.1 Å². The van der Waals surface area contributed by atoms with Crippen LogP contribution in [0.5, 0.6) is 0 Å². The average molecular weight is 523 g/mol. The molecule has 1 atom stereocenters. The summed E-state index contributed by atoms with van der Waals surface area (Å²) < 4.78 is 28.9. The minimum absolute atomic E-state index is 0.0455. The van der Waals surface area contributed by atoms with Crippen molar-refractivity contribution in [2.24, 2.45) is 4.99 Å². The summed E-state index contributed by atoms with van der Waals surface area (Å²) in [4.78, 5) is 22.2. The Balaban J connectivity index is 1.73. The minimum Gasteiger partial charge on any atom is -0.388 e. The number of hydrogen-bond acceptors (Lipinski definition) is 4. The molecule has 37 heavy (non-hydrogen) atoms. The molecule has 0 saturated heterocycles. The first-order valence-electron chi connectivity index (χ1n) is 12.3. The number of rotatable bonds is 3. The third-order valence-corrected chi connectivity index (χ3v) is 6.85. The molecular formula is C29H29ClF2N4O. The summed E-state index contributed by atoms with van der Waals surface area (Å²) in [5, 5.41) is 6.00. The molecule has 5 nitrogen and oxygen atoms in total. The average Bonchev–Trinajstić information content (AvgIpc) is 2.89. The zero-order chi connectivity index (χ0) is 26.5. The highest BCUT2D eigenvalue weighted by molar-refractivity contribution is 6.31. The van der Waals surface area contributed by atoms with Crippen LogP contribution in [0.4, 0.5) is 20.2 Å². The van der Waals surface area contributed by atoms with E-state index in [-0.39, 0.29) is 22.4 Å². The normalized spacial score (nSPS) is 19.2. The Morgan fingerprint density at radius 2 is 1.95 bits per heavy atom. The lowest BCUT2D eigenvalue weighted by molar-refractivity contribution is -0.116. The van der Waals surface area contributed by atoms with Gasteiger partial charge >= 0.3 is 0 Å². The summed E-state index contributed by atoms with van der Waals surface area (Å²) in [6, 6.07) is 11.6. The van der Waals surface area contributed by atoms with Crippen LogP contribution in [0.1, 0.15) is 56.7 Å². The maximum absolute atomic E-state index is 14.5. The number of allylic oxidation sites excluding steroid dienone is 1. The fourth-order valence-corrected chi connectivity index (χ4v) is 4.70. The summed E-state index contributed by atoms with van der Waals surface area (Å²) in [6.07, 6.45) is 6.02. The second-order valence-electron chi connectivity index (χ2n) is 8.97. The maximum atomic E-state index is 14.5. The summed E-state index contributed by atoms with van der Waals surface area (Å²) in [5.74, 6) is -1.68. The Morgan fingerprint density at radius 3 is 2.65 bits per heavy atom. The molecule has 1 aromatic heterocycles. The van der Waals surface area contributed by atoms with Crippen LogP contribution in [-0.4, -0.2) is 23.7 Å². The molecule has 2 heterocycles. The molecule has 1 unspecified atom stereocenters. The van der Waals surface area contributed by atoms with Crippen molar-refractivity contribution < 1.29 is 13.6 Å². The van der Waals surface area contributed by atoms with Crippen LogP contribution >= 0.6 is 11.6 Å². The first-order valence-corrected chi connectivity index (χ1v) is 12.6. The zero-order valence-corrected chi connectivity index (χ0v) is 21.8. The second kappa shape index (κ2) is 11.6. The van der Waals surface area contributed by atoms with E-state index in [1.165, 1.54) is 12.3 Å². The van der Waals surface area contributed by atoms with Crippen molar-refractivity contribution in [3.8, 4) is 11.1 Å². The van der Waals surface area contributed by atoms with Crippen LogP contribution in [0.3, 0.4) is 0 Å². The van der Waals surface area contributed by atoms with Gasteiger partial charge in [-0.3, -0.25) is 14.8 Å². The lowest BCUT2D eigenvalue weighted by Crippen LogP contribution is -2.16. The Bertz CT molecular complexity index is 1370. The lowest BCUT2D eigenvalue weighted by atomic mass is 9.91. The molecule has 1 aliphatic rings. The number of carbonyl (C=O) groups is 1. The van der Waals surface area contributed by atoms with E-state index in [0.717, 1.165) is 47.3 Å². The van der Waals surface area contributed by atoms with E-state index >= 15 is 0 Å². The molecule has 0 bridgehead atoms. The first kappa shape index (κ1) is 26.5. The van der Waals surface area contributed by atoms with Gasteiger partial charge in [0.15, 0.2) is 5.82 Å². The summed E-state index contributed by atoms with van der Waals surface area (Å²) in [5.41, 5.74) is 4.87. The van der Waals surface area contributed by atoms with E-state index in [2.05, 4.69) is 15.6 Å². The molecule has 0 saturated carbocycles. The largest absolute Gasteiger partial charge is 0.388 e. The second-order valence-corrected chi connectivity index (χ2v) is 9.38. The molecule has 1 amide bonds. The van der Waals surface area contributed by atoms with Crippen LogP contribution in [0.25, 0.3) is 16.8 Å². The molecule has 0 fully saturated rings. The fourth-order valence-electron chi connectivity index (χ4n) is 4.54. The van der Waals surface area contributed by atoms with Crippen molar-refractivity contribution in [1.82, 2.24) is 4.98 Å². The Morgan fingerprint density at radius 1 is 1.14 bits per heavy atom. The van der Waals surface area contributed by atoms with Gasteiger partial charge in [0.25, 0.3) is 0 Å². The van der Waals surface area contributed by atoms with Crippen molar-refractivity contribution >= 4 is 40.3 Å². The quantitative estimate of drug-likeness (QED) is 0.344. The number of halogens is 3.